The van der Waals surface area contributed by atoms with E-state index in [-0.39, 0.29) is 21.7 Å². The Hall–Kier alpha value is -2.30. The number of carbonyl (C=O) groups excluding carboxylic acids is 3. The molecule has 1 aromatic carbocycles. The van der Waals surface area contributed by atoms with Crippen molar-refractivity contribution < 1.29 is 14.4 Å². The number of amides is 5. The van der Waals surface area contributed by atoms with E-state index >= 15 is 0 Å². The summed E-state index contributed by atoms with van der Waals surface area (Å²) in [6.45, 7) is 4.64. The quantitative estimate of drug-likeness (QED) is 0.810. The van der Waals surface area contributed by atoms with E-state index in [1.54, 1.807) is 20.8 Å². The maximum absolute atomic E-state index is 12.5. The van der Waals surface area contributed by atoms with E-state index in [0.717, 1.165) is 9.80 Å². The predicted octanol–water partition coefficient (Wildman–Crippen LogP) is 3.41. The van der Waals surface area contributed by atoms with Gasteiger partial charge in [0.15, 0.2) is 0 Å². The van der Waals surface area contributed by atoms with Crippen molar-refractivity contribution in [3.8, 4) is 6.07 Å². The molecule has 25 heavy (non-hydrogen) atoms. The van der Waals surface area contributed by atoms with Gasteiger partial charge in [-0.05, 0) is 31.0 Å². The van der Waals surface area contributed by atoms with Gasteiger partial charge in [-0.25, -0.2) is 19.4 Å². The highest BCUT2D eigenvalue weighted by molar-refractivity contribution is 6.35. The lowest BCUT2D eigenvalue weighted by Gasteiger charge is -2.29. The van der Waals surface area contributed by atoms with Gasteiger partial charge in [-0.3, -0.25) is 4.79 Å². The van der Waals surface area contributed by atoms with E-state index in [1.165, 1.54) is 18.2 Å². The predicted molar refractivity (Wildman–Crippen MR) is 93.4 cm³/mol. The molecule has 1 unspecified atom stereocenters. The third-order valence-corrected chi connectivity index (χ3v) is 4.51. The van der Waals surface area contributed by atoms with Crippen LogP contribution in [0.15, 0.2) is 18.2 Å². The fourth-order valence-corrected chi connectivity index (χ4v) is 2.69. The van der Waals surface area contributed by atoms with E-state index in [4.69, 9.17) is 23.2 Å². The molecule has 1 N–H and O–H groups in total. The van der Waals surface area contributed by atoms with Gasteiger partial charge in [-0.2, -0.15) is 5.26 Å². The average molecular weight is 383 g/mol. The highest BCUT2D eigenvalue weighted by atomic mass is 35.5. The molecular weight excluding hydrogens is 367 g/mol. The van der Waals surface area contributed by atoms with Gasteiger partial charge in [0.05, 0.1) is 11.8 Å². The Morgan fingerprint density at radius 2 is 1.84 bits per heavy atom. The summed E-state index contributed by atoms with van der Waals surface area (Å²) < 4.78 is 0. The van der Waals surface area contributed by atoms with Crippen molar-refractivity contribution in [1.29, 1.82) is 5.26 Å². The van der Waals surface area contributed by atoms with Gasteiger partial charge in [0, 0.05) is 10.0 Å². The summed E-state index contributed by atoms with van der Waals surface area (Å²) in [7, 11) is 0. The first kappa shape index (κ1) is 19.0. The lowest BCUT2D eigenvalue weighted by Crippen LogP contribution is -2.54. The van der Waals surface area contributed by atoms with Gasteiger partial charge < -0.3 is 5.32 Å². The highest BCUT2D eigenvalue weighted by Crippen LogP contribution is 2.28. The minimum absolute atomic E-state index is 0.176. The number of carbonyl (C=O) groups is 3. The molecule has 0 spiro atoms. The minimum atomic E-state index is -1.17. The molecule has 1 fully saturated rings. The largest absolute Gasteiger partial charge is 0.340 e. The minimum Gasteiger partial charge on any atom is -0.319 e. The van der Waals surface area contributed by atoms with Gasteiger partial charge in [0.25, 0.3) is 5.91 Å². The molecule has 1 atom stereocenters. The zero-order valence-corrected chi connectivity index (χ0v) is 15.4. The first-order valence-electron chi connectivity index (χ1n) is 7.43. The molecular formula is C16H16Cl2N4O3. The van der Waals surface area contributed by atoms with Crippen LogP contribution in [0.1, 0.15) is 20.8 Å². The van der Waals surface area contributed by atoms with Gasteiger partial charge >= 0.3 is 12.1 Å². The molecule has 1 aliphatic rings. The molecule has 0 aromatic heterocycles. The molecule has 7 nitrogen and oxygen atoms in total. The molecule has 1 aliphatic heterocycles. The summed E-state index contributed by atoms with van der Waals surface area (Å²) >= 11 is 11.8. The Bertz CT molecular complexity index is 770. The summed E-state index contributed by atoms with van der Waals surface area (Å²) in [4.78, 5) is 38.7. The van der Waals surface area contributed by atoms with E-state index < -0.39 is 30.1 Å². The van der Waals surface area contributed by atoms with E-state index in [2.05, 4.69) is 5.32 Å². The van der Waals surface area contributed by atoms with Crippen LogP contribution < -0.4 is 10.2 Å². The number of imide groups is 2. The Kier molecular flexibility index (Phi) is 5.26. The average Bonchev–Trinajstić information content (AvgIpc) is 2.80. The summed E-state index contributed by atoms with van der Waals surface area (Å²) in [5.74, 6) is -0.792. The summed E-state index contributed by atoms with van der Waals surface area (Å²) in [5.41, 5.74) is -0.998. The number of rotatable bonds is 3. The fourth-order valence-electron chi connectivity index (χ4n) is 2.17. The number of nitrogens with one attached hydrogen (secondary N) is 1. The number of hydrogen-bond donors (Lipinski definition) is 1. The topological polar surface area (TPSA) is 93.5 Å². The van der Waals surface area contributed by atoms with Crippen molar-refractivity contribution in [2.75, 3.05) is 11.4 Å². The van der Waals surface area contributed by atoms with Gasteiger partial charge in [-0.1, -0.05) is 37.0 Å². The molecule has 0 saturated carbocycles. The van der Waals surface area contributed by atoms with Crippen LogP contribution in [-0.4, -0.2) is 35.0 Å². The molecule has 1 saturated heterocycles. The summed E-state index contributed by atoms with van der Waals surface area (Å²) in [5, 5.41) is 12.3. The van der Waals surface area contributed by atoms with Gasteiger partial charge in [0.1, 0.15) is 12.1 Å². The van der Waals surface area contributed by atoms with Crippen molar-refractivity contribution in [2.45, 2.75) is 26.3 Å². The van der Waals surface area contributed by atoms with Gasteiger partial charge in [0.2, 0.25) is 0 Å². The Labute approximate surface area is 155 Å². The number of hydrogen-bond acceptors (Lipinski definition) is 4. The second-order valence-corrected chi connectivity index (χ2v) is 7.00. The van der Waals surface area contributed by atoms with Crippen LogP contribution in [0.5, 0.6) is 0 Å². The Morgan fingerprint density at radius 3 is 2.32 bits per heavy atom. The number of benzene rings is 1. The number of halogens is 2. The Balaban J connectivity index is 2.26. The molecule has 132 valence electrons. The number of urea groups is 2. The van der Waals surface area contributed by atoms with Crippen LogP contribution >= 0.6 is 23.2 Å². The van der Waals surface area contributed by atoms with Crippen LogP contribution in [-0.2, 0) is 4.79 Å². The van der Waals surface area contributed by atoms with Crippen molar-refractivity contribution in [2.24, 2.45) is 5.92 Å². The van der Waals surface area contributed by atoms with Crippen molar-refractivity contribution in [1.82, 2.24) is 10.2 Å². The molecule has 0 radical (unpaired) electrons. The van der Waals surface area contributed by atoms with Crippen LogP contribution in [0.4, 0.5) is 15.3 Å². The Morgan fingerprint density at radius 1 is 1.28 bits per heavy atom. The smallest absolute Gasteiger partial charge is 0.319 e. The number of nitrogens with zero attached hydrogens (tertiary/aromatic N) is 3. The molecule has 0 aliphatic carbocycles. The van der Waals surface area contributed by atoms with Crippen LogP contribution in [0, 0.1) is 17.2 Å². The maximum atomic E-state index is 12.5. The molecule has 1 aromatic rings. The second-order valence-electron chi connectivity index (χ2n) is 6.12. The molecule has 0 bridgehead atoms. The maximum Gasteiger partial charge on any atom is 0.340 e. The standard InChI is InChI=1S/C16H16Cl2N4O3/c1-9(2)16(3,8-19)20-14(24)21-7-13(23)22(15(21)25)12-5-10(17)4-11(18)6-12/h4-6,9H,7H2,1-3H3,(H,20,24). The highest BCUT2D eigenvalue weighted by Gasteiger charge is 2.43. The molecule has 9 heteroatoms. The monoisotopic (exact) mass is 382 g/mol. The van der Waals surface area contributed by atoms with E-state index in [9.17, 15) is 19.6 Å². The van der Waals surface area contributed by atoms with Crippen LogP contribution in [0.25, 0.3) is 0 Å². The molecule has 5 amide bonds. The lowest BCUT2D eigenvalue weighted by atomic mass is 9.90. The summed E-state index contributed by atoms with van der Waals surface area (Å²) in [6.07, 6.45) is 0. The zero-order valence-electron chi connectivity index (χ0n) is 13.8. The van der Waals surface area contributed by atoms with Crippen molar-refractivity contribution in [3.05, 3.63) is 28.2 Å². The number of nitriles is 1. The number of anilines is 1. The summed E-state index contributed by atoms with van der Waals surface area (Å²) in [6, 6.07) is 4.63. The van der Waals surface area contributed by atoms with Crippen LogP contribution in [0.3, 0.4) is 0 Å². The van der Waals surface area contributed by atoms with Crippen molar-refractivity contribution >= 4 is 46.9 Å². The van der Waals surface area contributed by atoms with Crippen LogP contribution in [0.2, 0.25) is 10.0 Å². The van der Waals surface area contributed by atoms with E-state index in [1.807, 2.05) is 6.07 Å². The van der Waals surface area contributed by atoms with Crippen molar-refractivity contribution in [3.63, 3.8) is 0 Å². The normalized spacial score (nSPS) is 16.8. The molecule has 2 rings (SSSR count). The first-order chi connectivity index (χ1) is 11.6. The first-order valence-corrected chi connectivity index (χ1v) is 8.18. The SMILES string of the molecule is CC(C)C(C)(C#N)NC(=O)N1CC(=O)N(c2cc(Cl)cc(Cl)c2)C1=O. The third-order valence-electron chi connectivity index (χ3n) is 4.07. The molecule has 1 heterocycles. The van der Waals surface area contributed by atoms with Gasteiger partial charge in [-0.15, -0.1) is 0 Å². The lowest BCUT2D eigenvalue weighted by molar-refractivity contribution is -0.116. The fraction of sp³-hybridized carbons (Fsp3) is 0.375. The zero-order chi connectivity index (χ0) is 18.9. The third kappa shape index (κ3) is 3.70. The second kappa shape index (κ2) is 6.90. The van der Waals surface area contributed by atoms with E-state index in [0.29, 0.717) is 0 Å².